The van der Waals surface area contributed by atoms with Crippen LogP contribution in [0.4, 0.5) is 0 Å². The quantitative estimate of drug-likeness (QED) is 0.644. The van der Waals surface area contributed by atoms with Gasteiger partial charge in [0.1, 0.15) is 10.9 Å². The topological polar surface area (TPSA) is 60.1 Å². The molecule has 0 bridgehead atoms. The summed E-state index contributed by atoms with van der Waals surface area (Å²) in [5.74, 6) is 0.700. The lowest BCUT2D eigenvalue weighted by Crippen LogP contribution is -2.15. The second kappa shape index (κ2) is 6.53. The number of rotatable bonds is 3. The molecule has 1 amide bonds. The van der Waals surface area contributed by atoms with Crippen molar-refractivity contribution >= 4 is 29.0 Å². The van der Waals surface area contributed by atoms with Crippen molar-refractivity contribution in [3.8, 4) is 0 Å². The molecule has 2 aromatic heterocycles. The first kappa shape index (κ1) is 15.9. The van der Waals surface area contributed by atoms with Crippen molar-refractivity contribution in [1.29, 1.82) is 0 Å². The second-order valence-electron chi connectivity index (χ2n) is 4.92. The van der Waals surface area contributed by atoms with Gasteiger partial charge in [-0.25, -0.2) is 9.97 Å². The van der Waals surface area contributed by atoms with Crippen LogP contribution >= 0.6 is 23.1 Å². The standard InChI is InChI=1S/C14H18N4OS2/c1-8(2)11-15-9(3)10(13(16-11)20-5)12(19)17-14-18(4)6-7-21-14/h6-8H,1-5H3. The van der Waals surface area contributed by atoms with E-state index in [-0.39, 0.29) is 11.8 Å². The molecule has 2 heterocycles. The fourth-order valence-corrected chi connectivity index (χ4v) is 3.15. The van der Waals surface area contributed by atoms with Crippen molar-refractivity contribution in [2.24, 2.45) is 12.0 Å². The highest BCUT2D eigenvalue weighted by atomic mass is 32.2. The summed E-state index contributed by atoms with van der Waals surface area (Å²) >= 11 is 2.88. The molecule has 21 heavy (non-hydrogen) atoms. The minimum Gasteiger partial charge on any atom is -0.327 e. The van der Waals surface area contributed by atoms with Gasteiger partial charge < -0.3 is 4.57 Å². The predicted molar refractivity (Wildman–Crippen MR) is 85.8 cm³/mol. The normalized spacial score (nSPS) is 12.2. The summed E-state index contributed by atoms with van der Waals surface area (Å²) in [7, 11) is 1.86. The molecule has 0 saturated carbocycles. The molecule has 112 valence electrons. The van der Waals surface area contributed by atoms with E-state index in [2.05, 4.69) is 15.0 Å². The summed E-state index contributed by atoms with van der Waals surface area (Å²) in [5, 5.41) is 2.59. The van der Waals surface area contributed by atoms with Crippen LogP contribution in [0.15, 0.2) is 21.6 Å². The SMILES string of the molecule is CSc1nc(C(C)C)nc(C)c1C(=O)N=c1sccn1C. The third kappa shape index (κ3) is 3.41. The minimum atomic E-state index is -0.287. The molecule has 7 heteroatoms. The summed E-state index contributed by atoms with van der Waals surface area (Å²) in [4.78, 5) is 26.3. The molecule has 0 aromatic carbocycles. The van der Waals surface area contributed by atoms with Crippen molar-refractivity contribution in [2.45, 2.75) is 31.7 Å². The Morgan fingerprint density at radius 2 is 2.14 bits per heavy atom. The Morgan fingerprint density at radius 1 is 1.43 bits per heavy atom. The third-order valence-electron chi connectivity index (χ3n) is 2.95. The molecule has 5 nitrogen and oxygen atoms in total. The molecule has 2 rings (SSSR count). The van der Waals surface area contributed by atoms with E-state index >= 15 is 0 Å². The van der Waals surface area contributed by atoms with E-state index in [0.29, 0.717) is 21.1 Å². The van der Waals surface area contributed by atoms with E-state index in [0.717, 1.165) is 5.82 Å². The Kier molecular flexibility index (Phi) is 4.95. The molecule has 0 radical (unpaired) electrons. The molecule has 0 aliphatic carbocycles. The first-order valence-electron chi connectivity index (χ1n) is 6.55. The Balaban J connectivity index is 2.54. The molecule has 0 unspecified atom stereocenters. The van der Waals surface area contributed by atoms with E-state index in [1.54, 1.807) is 0 Å². The lowest BCUT2D eigenvalue weighted by atomic mass is 10.1. The number of aryl methyl sites for hydroxylation is 2. The minimum absolute atomic E-state index is 0.228. The number of hydrogen-bond donors (Lipinski definition) is 0. The van der Waals surface area contributed by atoms with Gasteiger partial charge in [-0.05, 0) is 13.2 Å². The van der Waals surface area contributed by atoms with Gasteiger partial charge >= 0.3 is 0 Å². The van der Waals surface area contributed by atoms with Crippen LogP contribution in [0, 0.1) is 6.92 Å². The average molecular weight is 322 g/mol. The Hall–Kier alpha value is -1.47. The Labute approximate surface area is 132 Å². The van der Waals surface area contributed by atoms with E-state index in [4.69, 9.17) is 0 Å². The number of hydrogen-bond acceptors (Lipinski definition) is 5. The number of aromatic nitrogens is 3. The van der Waals surface area contributed by atoms with Crippen LogP contribution in [0.2, 0.25) is 0 Å². The zero-order chi connectivity index (χ0) is 15.6. The van der Waals surface area contributed by atoms with Crippen LogP contribution in [0.3, 0.4) is 0 Å². The summed E-state index contributed by atoms with van der Waals surface area (Å²) in [6.07, 6.45) is 3.78. The Bertz CT molecular complexity index is 731. The largest absolute Gasteiger partial charge is 0.327 e. The third-order valence-corrected chi connectivity index (χ3v) is 4.48. The number of carbonyl (C=O) groups is 1. The summed E-state index contributed by atoms with van der Waals surface area (Å²) in [6, 6.07) is 0. The summed E-state index contributed by atoms with van der Waals surface area (Å²) in [6.45, 7) is 5.91. The van der Waals surface area contributed by atoms with E-state index in [1.165, 1.54) is 23.1 Å². The molecule has 0 saturated heterocycles. The van der Waals surface area contributed by atoms with Crippen LogP contribution < -0.4 is 4.80 Å². The first-order chi connectivity index (χ1) is 9.93. The number of thiazole rings is 1. The van der Waals surface area contributed by atoms with Gasteiger partial charge in [0.15, 0.2) is 4.80 Å². The fourth-order valence-electron chi connectivity index (χ4n) is 1.80. The number of thioether (sulfide) groups is 1. The lowest BCUT2D eigenvalue weighted by Gasteiger charge is -2.11. The van der Waals surface area contributed by atoms with Crippen molar-refractivity contribution in [2.75, 3.05) is 6.26 Å². The van der Waals surface area contributed by atoms with Gasteiger partial charge in [0.05, 0.1) is 11.3 Å². The smallest absolute Gasteiger partial charge is 0.284 e. The summed E-state index contributed by atoms with van der Waals surface area (Å²) in [5.41, 5.74) is 1.19. The molecule has 0 N–H and O–H groups in total. The molecule has 0 spiro atoms. The molecule has 0 aliphatic heterocycles. The van der Waals surface area contributed by atoms with Crippen molar-refractivity contribution < 1.29 is 4.79 Å². The number of nitrogens with zero attached hydrogens (tertiary/aromatic N) is 4. The van der Waals surface area contributed by atoms with Crippen molar-refractivity contribution in [3.05, 3.63) is 33.5 Å². The van der Waals surface area contributed by atoms with Crippen LogP contribution in [0.1, 0.15) is 41.6 Å². The molecule has 0 aliphatic rings. The lowest BCUT2D eigenvalue weighted by molar-refractivity contribution is 0.0993. The summed E-state index contributed by atoms with van der Waals surface area (Å²) < 4.78 is 1.82. The van der Waals surface area contributed by atoms with Gasteiger partial charge in [0.2, 0.25) is 0 Å². The number of amides is 1. The maximum absolute atomic E-state index is 12.5. The van der Waals surface area contributed by atoms with Crippen LogP contribution in [-0.2, 0) is 7.05 Å². The van der Waals surface area contributed by atoms with Gasteiger partial charge in [-0.3, -0.25) is 4.79 Å². The van der Waals surface area contributed by atoms with Crippen LogP contribution in [0.25, 0.3) is 0 Å². The average Bonchev–Trinajstić information content (AvgIpc) is 2.82. The molecular formula is C14H18N4OS2. The Morgan fingerprint density at radius 3 is 2.67 bits per heavy atom. The van der Waals surface area contributed by atoms with Gasteiger partial charge in [0.25, 0.3) is 5.91 Å². The molecule has 0 fully saturated rings. The van der Waals surface area contributed by atoms with Gasteiger partial charge in [-0.2, -0.15) is 4.99 Å². The highest BCUT2D eigenvalue weighted by Gasteiger charge is 2.19. The van der Waals surface area contributed by atoms with Gasteiger partial charge in [-0.1, -0.05) is 13.8 Å². The van der Waals surface area contributed by atoms with Crippen LogP contribution in [0.5, 0.6) is 0 Å². The van der Waals surface area contributed by atoms with Gasteiger partial charge in [-0.15, -0.1) is 23.1 Å². The highest BCUT2D eigenvalue weighted by molar-refractivity contribution is 7.98. The van der Waals surface area contributed by atoms with Crippen molar-refractivity contribution in [3.63, 3.8) is 0 Å². The maximum atomic E-state index is 12.5. The van der Waals surface area contributed by atoms with E-state index in [9.17, 15) is 4.79 Å². The molecular weight excluding hydrogens is 304 g/mol. The van der Waals surface area contributed by atoms with Crippen molar-refractivity contribution in [1.82, 2.24) is 14.5 Å². The second-order valence-corrected chi connectivity index (χ2v) is 6.59. The monoisotopic (exact) mass is 322 g/mol. The zero-order valence-corrected chi connectivity index (χ0v) is 14.4. The zero-order valence-electron chi connectivity index (χ0n) is 12.7. The maximum Gasteiger partial charge on any atom is 0.284 e. The fraction of sp³-hybridized carbons (Fsp3) is 0.429. The van der Waals surface area contributed by atoms with E-state index in [1.807, 2.05) is 50.2 Å². The molecule has 2 aromatic rings. The van der Waals surface area contributed by atoms with Crippen LogP contribution in [-0.4, -0.2) is 26.7 Å². The van der Waals surface area contributed by atoms with E-state index < -0.39 is 0 Å². The highest BCUT2D eigenvalue weighted by Crippen LogP contribution is 2.23. The van der Waals surface area contributed by atoms with Gasteiger partial charge in [0, 0.05) is 24.5 Å². The first-order valence-corrected chi connectivity index (χ1v) is 8.66. The number of carbonyl (C=O) groups excluding carboxylic acids is 1. The molecule has 0 atom stereocenters. The predicted octanol–water partition coefficient (Wildman–Crippen LogP) is 2.77.